The Bertz CT molecular complexity index is 239. The van der Waals surface area contributed by atoms with Gasteiger partial charge in [-0.1, -0.05) is 27.7 Å². The van der Waals surface area contributed by atoms with Gasteiger partial charge in [-0.25, -0.2) is 0 Å². The van der Waals surface area contributed by atoms with Gasteiger partial charge in [0.2, 0.25) is 5.91 Å². The minimum absolute atomic E-state index is 0.123. The Kier molecular flexibility index (Phi) is 7.62. The minimum atomic E-state index is 0.123. The molecule has 0 aliphatic heterocycles. The van der Waals surface area contributed by atoms with Crippen molar-refractivity contribution in [2.75, 3.05) is 13.1 Å². The number of hydrogen-bond donors (Lipinski definition) is 0. The Morgan fingerprint density at radius 3 is 2.25 bits per heavy atom. The van der Waals surface area contributed by atoms with Gasteiger partial charge in [-0.2, -0.15) is 5.26 Å². The van der Waals surface area contributed by atoms with Gasteiger partial charge < -0.3 is 4.90 Å². The lowest BCUT2D eigenvalue weighted by Crippen LogP contribution is -2.38. The molecule has 0 aromatic carbocycles. The largest absolute Gasteiger partial charge is 0.341 e. The van der Waals surface area contributed by atoms with Gasteiger partial charge in [0.05, 0.1) is 12.5 Å². The molecule has 0 saturated carbocycles. The van der Waals surface area contributed by atoms with E-state index in [4.69, 9.17) is 5.26 Å². The third-order valence-electron chi connectivity index (χ3n) is 2.73. The van der Waals surface area contributed by atoms with Crippen LogP contribution in [0.25, 0.3) is 0 Å². The normalized spacial score (nSPS) is 10.6. The SMILES string of the molecule is CCC(CC)C(=O)N(CCC#N)CC(C)C. The highest BCUT2D eigenvalue weighted by Crippen LogP contribution is 2.13. The molecule has 0 aromatic rings. The Hall–Kier alpha value is -1.04. The molecule has 0 bridgehead atoms. The predicted octanol–water partition coefficient (Wildman–Crippen LogP) is 2.82. The van der Waals surface area contributed by atoms with E-state index in [0.717, 1.165) is 19.4 Å². The third-order valence-corrected chi connectivity index (χ3v) is 2.73. The van der Waals surface area contributed by atoms with Crippen molar-refractivity contribution in [3.05, 3.63) is 0 Å². The molecule has 0 unspecified atom stereocenters. The number of nitrogens with zero attached hydrogens (tertiary/aromatic N) is 2. The van der Waals surface area contributed by atoms with Gasteiger partial charge in [-0.3, -0.25) is 4.79 Å². The van der Waals surface area contributed by atoms with Crippen molar-refractivity contribution < 1.29 is 4.79 Å². The highest BCUT2D eigenvalue weighted by molar-refractivity contribution is 5.78. The zero-order valence-corrected chi connectivity index (χ0v) is 11.0. The Labute approximate surface area is 99.4 Å². The first-order valence-corrected chi connectivity index (χ1v) is 6.22. The summed E-state index contributed by atoms with van der Waals surface area (Å²) in [6, 6.07) is 2.11. The highest BCUT2D eigenvalue weighted by Gasteiger charge is 2.21. The van der Waals surface area contributed by atoms with E-state index in [1.165, 1.54) is 0 Å². The first-order valence-electron chi connectivity index (χ1n) is 6.22. The van der Waals surface area contributed by atoms with Crippen molar-refractivity contribution >= 4 is 5.91 Å². The lowest BCUT2D eigenvalue weighted by molar-refractivity contribution is -0.136. The molecule has 0 heterocycles. The molecule has 92 valence electrons. The average molecular weight is 224 g/mol. The predicted molar refractivity (Wildman–Crippen MR) is 65.7 cm³/mol. The fraction of sp³-hybridized carbons (Fsp3) is 0.846. The molecule has 16 heavy (non-hydrogen) atoms. The van der Waals surface area contributed by atoms with Crippen molar-refractivity contribution in [2.24, 2.45) is 11.8 Å². The van der Waals surface area contributed by atoms with Crippen LogP contribution in [0.3, 0.4) is 0 Å². The molecule has 3 heteroatoms. The van der Waals surface area contributed by atoms with Crippen LogP contribution in [-0.4, -0.2) is 23.9 Å². The van der Waals surface area contributed by atoms with Gasteiger partial charge in [0.25, 0.3) is 0 Å². The summed E-state index contributed by atoms with van der Waals surface area (Å²) in [5, 5.41) is 8.60. The molecule has 0 atom stereocenters. The molecule has 0 spiro atoms. The molecule has 0 aromatic heterocycles. The zero-order valence-electron chi connectivity index (χ0n) is 11.0. The lowest BCUT2D eigenvalue weighted by atomic mass is 10.0. The molecule has 3 nitrogen and oxygen atoms in total. The van der Waals surface area contributed by atoms with Crippen LogP contribution < -0.4 is 0 Å². The quantitative estimate of drug-likeness (QED) is 0.667. The van der Waals surface area contributed by atoms with Gasteiger partial charge in [-0.15, -0.1) is 0 Å². The molecule has 0 saturated heterocycles. The van der Waals surface area contributed by atoms with E-state index in [9.17, 15) is 4.79 Å². The molecular formula is C13H24N2O. The van der Waals surface area contributed by atoms with Crippen LogP contribution in [0, 0.1) is 23.2 Å². The first kappa shape index (κ1) is 15.0. The van der Waals surface area contributed by atoms with Crippen molar-refractivity contribution in [1.29, 1.82) is 5.26 Å². The summed E-state index contributed by atoms with van der Waals surface area (Å²) in [5.74, 6) is 0.795. The van der Waals surface area contributed by atoms with Crippen LogP contribution in [-0.2, 0) is 4.79 Å². The fourth-order valence-electron chi connectivity index (χ4n) is 1.81. The molecule has 0 N–H and O–H groups in total. The van der Waals surface area contributed by atoms with Crippen LogP contribution >= 0.6 is 0 Å². The van der Waals surface area contributed by atoms with Crippen LogP contribution in [0.4, 0.5) is 0 Å². The zero-order chi connectivity index (χ0) is 12.6. The van der Waals surface area contributed by atoms with Gasteiger partial charge in [-0.05, 0) is 18.8 Å². The summed E-state index contributed by atoms with van der Waals surface area (Å²) in [7, 11) is 0. The van der Waals surface area contributed by atoms with Crippen molar-refractivity contribution in [2.45, 2.75) is 47.0 Å². The summed E-state index contributed by atoms with van der Waals surface area (Å²) in [5.41, 5.74) is 0. The van der Waals surface area contributed by atoms with Crippen LogP contribution in [0.5, 0.6) is 0 Å². The van der Waals surface area contributed by atoms with Crippen LogP contribution in [0.2, 0.25) is 0 Å². The maximum atomic E-state index is 12.2. The molecular weight excluding hydrogens is 200 g/mol. The number of carbonyl (C=O) groups is 1. The van der Waals surface area contributed by atoms with E-state index >= 15 is 0 Å². The maximum Gasteiger partial charge on any atom is 0.225 e. The first-order chi connectivity index (χ1) is 7.56. The topological polar surface area (TPSA) is 44.1 Å². The van der Waals surface area contributed by atoms with E-state index in [1.54, 1.807) is 0 Å². The summed E-state index contributed by atoms with van der Waals surface area (Å²) < 4.78 is 0. The summed E-state index contributed by atoms with van der Waals surface area (Å²) in [6.07, 6.45) is 2.20. The van der Waals surface area contributed by atoms with Gasteiger partial charge in [0.15, 0.2) is 0 Å². The summed E-state index contributed by atoms with van der Waals surface area (Å²) >= 11 is 0. The second-order valence-electron chi connectivity index (χ2n) is 4.60. The lowest BCUT2D eigenvalue weighted by Gasteiger charge is -2.27. The van der Waals surface area contributed by atoms with Crippen molar-refractivity contribution in [1.82, 2.24) is 4.90 Å². The van der Waals surface area contributed by atoms with Crippen molar-refractivity contribution in [3.8, 4) is 6.07 Å². The minimum Gasteiger partial charge on any atom is -0.341 e. The highest BCUT2D eigenvalue weighted by atomic mass is 16.2. The number of carbonyl (C=O) groups excluding carboxylic acids is 1. The van der Waals surface area contributed by atoms with Gasteiger partial charge >= 0.3 is 0 Å². The molecule has 0 radical (unpaired) electrons. The molecule has 1 amide bonds. The second kappa shape index (κ2) is 8.15. The van der Waals surface area contributed by atoms with E-state index in [-0.39, 0.29) is 11.8 Å². The van der Waals surface area contributed by atoms with Gasteiger partial charge in [0, 0.05) is 19.0 Å². The number of hydrogen-bond acceptors (Lipinski definition) is 2. The van der Waals surface area contributed by atoms with E-state index in [0.29, 0.717) is 18.9 Å². The summed E-state index contributed by atoms with van der Waals surface area (Å²) in [6.45, 7) is 9.62. The Morgan fingerprint density at radius 2 is 1.88 bits per heavy atom. The van der Waals surface area contributed by atoms with E-state index < -0.39 is 0 Å². The molecule has 0 rings (SSSR count). The molecule has 0 fully saturated rings. The molecule has 0 aliphatic rings. The van der Waals surface area contributed by atoms with Gasteiger partial charge in [0.1, 0.15) is 0 Å². The summed E-state index contributed by atoms with van der Waals surface area (Å²) in [4.78, 5) is 14.0. The Balaban J connectivity index is 4.48. The smallest absolute Gasteiger partial charge is 0.225 e. The van der Waals surface area contributed by atoms with E-state index in [1.807, 2.05) is 18.7 Å². The number of rotatable bonds is 7. The monoisotopic (exact) mass is 224 g/mol. The standard InChI is InChI=1S/C13H24N2O/c1-5-12(6-2)13(16)15(9-7-8-14)10-11(3)4/h11-12H,5-7,9-10H2,1-4H3. The maximum absolute atomic E-state index is 12.2. The third kappa shape index (κ3) is 5.16. The van der Waals surface area contributed by atoms with E-state index in [2.05, 4.69) is 19.9 Å². The number of nitriles is 1. The number of amides is 1. The molecule has 0 aliphatic carbocycles. The Morgan fingerprint density at radius 1 is 1.31 bits per heavy atom. The van der Waals surface area contributed by atoms with Crippen LogP contribution in [0.1, 0.15) is 47.0 Å². The second-order valence-corrected chi connectivity index (χ2v) is 4.60. The fourth-order valence-corrected chi connectivity index (χ4v) is 1.81. The van der Waals surface area contributed by atoms with Crippen molar-refractivity contribution in [3.63, 3.8) is 0 Å². The average Bonchev–Trinajstić information content (AvgIpc) is 2.25. The van der Waals surface area contributed by atoms with Crippen LogP contribution in [0.15, 0.2) is 0 Å².